The van der Waals surface area contributed by atoms with Crippen molar-refractivity contribution in [3.63, 3.8) is 0 Å². The number of aromatic nitrogens is 3. The molecule has 26 heavy (non-hydrogen) atoms. The number of rotatable bonds is 6. The molecule has 0 saturated heterocycles. The number of aliphatic hydroxyl groups is 1. The van der Waals surface area contributed by atoms with Crippen molar-refractivity contribution in [1.29, 1.82) is 0 Å². The van der Waals surface area contributed by atoms with Crippen LogP contribution in [0.25, 0.3) is 10.9 Å². The van der Waals surface area contributed by atoms with E-state index in [0.29, 0.717) is 16.6 Å². The molecule has 3 N–H and O–H groups in total. The number of hydrogen-bond acceptors (Lipinski definition) is 6. The van der Waals surface area contributed by atoms with Gasteiger partial charge in [0.05, 0.1) is 29.9 Å². The first kappa shape index (κ1) is 17.8. The second-order valence-electron chi connectivity index (χ2n) is 5.57. The van der Waals surface area contributed by atoms with Crippen molar-refractivity contribution in [3.05, 3.63) is 54.5 Å². The first-order chi connectivity index (χ1) is 12.4. The molecule has 10 heteroatoms. The molecular formula is C16H16N4O5S. The highest BCUT2D eigenvalue weighted by Gasteiger charge is 2.21. The van der Waals surface area contributed by atoms with Crippen LogP contribution in [0.2, 0.25) is 0 Å². The minimum absolute atomic E-state index is 0.111. The number of hydrogen-bond donors (Lipinski definition) is 3. The van der Waals surface area contributed by atoms with Crippen LogP contribution < -0.4 is 5.32 Å². The Hall–Kier alpha value is -2.98. The number of carboxylic acid groups (broad SMARTS) is 1. The predicted molar refractivity (Wildman–Crippen MR) is 92.3 cm³/mol. The Bertz CT molecular complexity index is 1030. The minimum Gasteiger partial charge on any atom is -0.465 e. The monoisotopic (exact) mass is 376 g/mol. The average molecular weight is 376 g/mol. The topological polar surface area (TPSA) is 134 Å². The summed E-state index contributed by atoms with van der Waals surface area (Å²) in [4.78, 5) is 15.0. The van der Waals surface area contributed by atoms with E-state index in [1.165, 1.54) is 24.5 Å². The predicted octanol–water partition coefficient (Wildman–Crippen LogP) is 0.839. The normalized spacial score (nSPS) is 12.8. The summed E-state index contributed by atoms with van der Waals surface area (Å²) < 4.78 is 26.3. The van der Waals surface area contributed by atoms with Crippen LogP contribution in [0.15, 0.2) is 53.7 Å². The van der Waals surface area contributed by atoms with Gasteiger partial charge in [0.25, 0.3) is 10.0 Å². The van der Waals surface area contributed by atoms with Crippen molar-refractivity contribution in [3.8, 4) is 0 Å². The standard InChI is InChI=1S/C16H16N4O5S/c21-10-13(19-16(22)23)7-12-6-11-8-18-20(15(11)9-17-12)26(24,25)14-4-2-1-3-5-14/h1-6,8-9,13,19,21H,7,10H2,(H,22,23). The molecular weight excluding hydrogens is 360 g/mol. The van der Waals surface area contributed by atoms with E-state index in [4.69, 9.17) is 5.11 Å². The average Bonchev–Trinajstić information content (AvgIpc) is 3.05. The lowest BCUT2D eigenvalue weighted by molar-refractivity contribution is 0.177. The fourth-order valence-corrected chi connectivity index (χ4v) is 3.82. The number of aliphatic hydroxyl groups excluding tert-OH is 1. The number of carbonyl (C=O) groups is 1. The van der Waals surface area contributed by atoms with Crippen LogP contribution in [0.3, 0.4) is 0 Å². The van der Waals surface area contributed by atoms with Gasteiger partial charge in [-0.25, -0.2) is 4.79 Å². The van der Waals surface area contributed by atoms with Gasteiger partial charge in [-0.2, -0.15) is 17.6 Å². The second kappa shape index (κ2) is 7.10. The van der Waals surface area contributed by atoms with E-state index in [0.717, 1.165) is 4.09 Å². The molecule has 0 radical (unpaired) electrons. The molecule has 0 spiro atoms. The Kier molecular flexibility index (Phi) is 4.87. The maximum Gasteiger partial charge on any atom is 0.404 e. The Morgan fingerprint density at radius 2 is 1.96 bits per heavy atom. The zero-order chi connectivity index (χ0) is 18.7. The van der Waals surface area contributed by atoms with E-state index in [9.17, 15) is 18.3 Å². The van der Waals surface area contributed by atoms with E-state index >= 15 is 0 Å². The van der Waals surface area contributed by atoms with Gasteiger partial charge < -0.3 is 15.5 Å². The second-order valence-corrected chi connectivity index (χ2v) is 7.34. The molecule has 9 nitrogen and oxygen atoms in total. The third-order valence-electron chi connectivity index (χ3n) is 3.75. The van der Waals surface area contributed by atoms with Crippen LogP contribution in [0.5, 0.6) is 0 Å². The van der Waals surface area contributed by atoms with Gasteiger partial charge in [-0.15, -0.1) is 0 Å². The van der Waals surface area contributed by atoms with Crippen LogP contribution in [0.4, 0.5) is 4.79 Å². The Morgan fingerprint density at radius 3 is 2.62 bits per heavy atom. The molecule has 0 aliphatic heterocycles. The fourth-order valence-electron chi connectivity index (χ4n) is 2.53. The quantitative estimate of drug-likeness (QED) is 0.580. The summed E-state index contributed by atoms with van der Waals surface area (Å²) in [5.74, 6) is 0. The highest BCUT2D eigenvalue weighted by atomic mass is 32.2. The molecule has 1 aromatic carbocycles. The van der Waals surface area contributed by atoms with Crippen LogP contribution >= 0.6 is 0 Å². The maximum atomic E-state index is 12.7. The fraction of sp³-hybridized carbons (Fsp3) is 0.188. The summed E-state index contributed by atoms with van der Waals surface area (Å²) in [6, 6.07) is 8.84. The van der Waals surface area contributed by atoms with Crippen LogP contribution in [0.1, 0.15) is 5.69 Å². The summed E-state index contributed by atoms with van der Waals surface area (Å²) in [5.41, 5.74) is 0.811. The SMILES string of the molecule is O=C(O)NC(CO)Cc1cc2cnn(S(=O)(=O)c3ccccc3)c2cn1. The molecule has 1 unspecified atom stereocenters. The summed E-state index contributed by atoms with van der Waals surface area (Å²) in [6.45, 7) is -0.381. The highest BCUT2D eigenvalue weighted by molar-refractivity contribution is 7.90. The number of fused-ring (bicyclic) bond motifs is 1. The van der Waals surface area contributed by atoms with Gasteiger partial charge in [-0.1, -0.05) is 18.2 Å². The van der Waals surface area contributed by atoms with Gasteiger partial charge in [0.15, 0.2) is 0 Å². The lowest BCUT2D eigenvalue weighted by atomic mass is 10.1. The van der Waals surface area contributed by atoms with Gasteiger partial charge in [-0.05, 0) is 18.2 Å². The number of amides is 1. The van der Waals surface area contributed by atoms with Gasteiger partial charge >= 0.3 is 6.09 Å². The van der Waals surface area contributed by atoms with Gasteiger partial charge in [0, 0.05) is 17.5 Å². The van der Waals surface area contributed by atoms with Crippen molar-refractivity contribution in [2.24, 2.45) is 0 Å². The van der Waals surface area contributed by atoms with E-state index in [-0.39, 0.29) is 17.9 Å². The molecule has 0 fully saturated rings. The van der Waals surface area contributed by atoms with E-state index in [2.05, 4.69) is 15.4 Å². The summed E-state index contributed by atoms with van der Waals surface area (Å²) in [7, 11) is -3.84. The molecule has 0 bridgehead atoms. The maximum absolute atomic E-state index is 12.7. The third kappa shape index (κ3) is 3.51. The smallest absolute Gasteiger partial charge is 0.404 e. The van der Waals surface area contributed by atoms with Crippen molar-refractivity contribution in [1.82, 2.24) is 19.5 Å². The number of nitrogens with one attached hydrogen (secondary N) is 1. The van der Waals surface area contributed by atoms with Crippen LogP contribution in [-0.2, 0) is 16.4 Å². The molecule has 3 rings (SSSR count). The van der Waals surface area contributed by atoms with Crippen molar-refractivity contribution in [2.45, 2.75) is 17.4 Å². The van der Waals surface area contributed by atoms with Crippen LogP contribution in [0, 0.1) is 0 Å². The molecule has 0 aliphatic rings. The lowest BCUT2D eigenvalue weighted by Crippen LogP contribution is -2.38. The summed E-state index contributed by atoms with van der Waals surface area (Å²) in [6.07, 6.45) is 1.69. The Labute approximate surface area is 149 Å². The third-order valence-corrected chi connectivity index (χ3v) is 5.36. The molecule has 0 aliphatic carbocycles. The first-order valence-electron chi connectivity index (χ1n) is 7.65. The zero-order valence-corrected chi connectivity index (χ0v) is 14.3. The lowest BCUT2D eigenvalue weighted by Gasteiger charge is -2.13. The van der Waals surface area contributed by atoms with E-state index < -0.39 is 22.2 Å². The van der Waals surface area contributed by atoms with E-state index in [1.54, 1.807) is 24.3 Å². The summed E-state index contributed by atoms with van der Waals surface area (Å²) in [5, 5.41) is 24.7. The molecule has 136 valence electrons. The molecule has 1 atom stereocenters. The van der Waals surface area contributed by atoms with Crippen molar-refractivity contribution < 1.29 is 23.4 Å². The first-order valence-corrected chi connectivity index (χ1v) is 9.09. The van der Waals surface area contributed by atoms with Gasteiger partial charge in [-0.3, -0.25) is 4.98 Å². The van der Waals surface area contributed by atoms with Crippen molar-refractivity contribution >= 4 is 27.0 Å². The van der Waals surface area contributed by atoms with Crippen molar-refractivity contribution in [2.75, 3.05) is 6.61 Å². The number of pyridine rings is 1. The number of nitrogens with zero attached hydrogens (tertiary/aromatic N) is 3. The largest absolute Gasteiger partial charge is 0.465 e. The van der Waals surface area contributed by atoms with Gasteiger partial charge in [0.2, 0.25) is 0 Å². The molecule has 0 saturated carbocycles. The minimum atomic E-state index is -3.84. The Morgan fingerprint density at radius 1 is 1.23 bits per heavy atom. The van der Waals surface area contributed by atoms with Crippen LogP contribution in [-0.4, -0.2) is 51.5 Å². The molecule has 1 amide bonds. The molecule has 2 heterocycles. The van der Waals surface area contributed by atoms with Gasteiger partial charge in [0.1, 0.15) is 5.52 Å². The molecule has 2 aromatic heterocycles. The van der Waals surface area contributed by atoms with E-state index in [1.807, 2.05) is 0 Å². The summed E-state index contributed by atoms with van der Waals surface area (Å²) >= 11 is 0. The zero-order valence-electron chi connectivity index (χ0n) is 13.5. The Balaban J connectivity index is 1.94. The molecule has 3 aromatic rings. The highest BCUT2D eigenvalue weighted by Crippen LogP contribution is 2.20. The number of benzene rings is 1.